The fraction of sp³-hybridized carbons (Fsp3) is 0.115. The fourth-order valence-corrected chi connectivity index (χ4v) is 5.38. The van der Waals surface area contributed by atoms with Gasteiger partial charge in [-0.3, -0.25) is 14.2 Å². The van der Waals surface area contributed by atoms with Crippen molar-refractivity contribution in [2.24, 2.45) is 0 Å². The van der Waals surface area contributed by atoms with Gasteiger partial charge in [-0.2, -0.15) is 0 Å². The Bertz CT molecular complexity index is 1710. The van der Waals surface area contributed by atoms with Crippen LogP contribution in [0.25, 0.3) is 26.0 Å². The van der Waals surface area contributed by atoms with Crippen molar-refractivity contribution in [3.05, 3.63) is 104 Å². The van der Waals surface area contributed by atoms with E-state index < -0.39 is 11.2 Å². The lowest BCUT2D eigenvalue weighted by Gasteiger charge is -2.15. The summed E-state index contributed by atoms with van der Waals surface area (Å²) >= 11 is 7.50. The summed E-state index contributed by atoms with van der Waals surface area (Å²) in [7, 11) is 0. The third-order valence-electron chi connectivity index (χ3n) is 5.79. The molecule has 2 aromatic heterocycles. The summed E-state index contributed by atoms with van der Waals surface area (Å²) < 4.78 is 3.76. The van der Waals surface area contributed by atoms with E-state index in [1.807, 2.05) is 62.4 Å². The Hall–Kier alpha value is -3.68. The van der Waals surface area contributed by atoms with Gasteiger partial charge in [-0.15, -0.1) is 11.3 Å². The first-order valence-electron chi connectivity index (χ1n) is 10.6. The average Bonchev–Trinajstić information content (AvgIpc) is 3.20. The number of benzene rings is 3. The number of carbonyl (C=O) groups is 1. The van der Waals surface area contributed by atoms with Crippen molar-refractivity contribution in [1.29, 1.82) is 0 Å². The van der Waals surface area contributed by atoms with Crippen LogP contribution < -0.4 is 16.6 Å². The predicted octanol–water partition coefficient (Wildman–Crippen LogP) is 5.28. The van der Waals surface area contributed by atoms with Crippen LogP contribution in [-0.2, 0) is 11.3 Å². The lowest BCUT2D eigenvalue weighted by atomic mass is 10.2. The molecule has 5 aromatic rings. The molecule has 3 aromatic carbocycles. The number of nitrogens with one attached hydrogen (secondary N) is 1. The van der Waals surface area contributed by atoms with Crippen molar-refractivity contribution in [3.8, 4) is 5.69 Å². The Balaban J connectivity index is 1.76. The monoisotopic (exact) mass is 489 g/mol. The van der Waals surface area contributed by atoms with E-state index in [1.165, 1.54) is 15.9 Å². The number of para-hydroxylation sites is 1. The van der Waals surface area contributed by atoms with Gasteiger partial charge in [0.25, 0.3) is 5.56 Å². The van der Waals surface area contributed by atoms with E-state index in [0.29, 0.717) is 26.6 Å². The van der Waals surface area contributed by atoms with Crippen LogP contribution in [0.15, 0.2) is 76.3 Å². The number of carbonyl (C=O) groups excluding carboxylic acids is 1. The molecule has 8 heteroatoms. The van der Waals surface area contributed by atoms with Crippen LogP contribution in [-0.4, -0.2) is 15.0 Å². The molecule has 0 bridgehead atoms. The van der Waals surface area contributed by atoms with Gasteiger partial charge in [-0.05, 0) is 49.2 Å². The minimum atomic E-state index is -0.591. The minimum absolute atomic E-state index is 0.246. The average molecular weight is 490 g/mol. The molecular formula is C26H20ClN3O3S. The highest BCUT2D eigenvalue weighted by Crippen LogP contribution is 2.31. The van der Waals surface area contributed by atoms with Crippen LogP contribution in [0.5, 0.6) is 0 Å². The van der Waals surface area contributed by atoms with Crippen LogP contribution in [0, 0.1) is 13.8 Å². The van der Waals surface area contributed by atoms with Crippen LogP contribution in [0.4, 0.5) is 5.69 Å². The van der Waals surface area contributed by atoms with Crippen molar-refractivity contribution in [2.45, 2.75) is 20.4 Å². The molecule has 0 aliphatic carbocycles. The molecule has 0 saturated carbocycles. The maximum absolute atomic E-state index is 13.8. The molecule has 0 unspecified atom stereocenters. The topological polar surface area (TPSA) is 73.1 Å². The van der Waals surface area contributed by atoms with E-state index in [9.17, 15) is 14.4 Å². The summed E-state index contributed by atoms with van der Waals surface area (Å²) in [4.78, 5) is 40.4. The van der Waals surface area contributed by atoms with Gasteiger partial charge in [0.05, 0.1) is 11.2 Å². The molecule has 0 atom stereocenters. The number of nitrogens with zero attached hydrogens (tertiary/aromatic N) is 2. The zero-order valence-electron chi connectivity index (χ0n) is 18.5. The van der Waals surface area contributed by atoms with Crippen molar-refractivity contribution in [2.75, 3.05) is 5.32 Å². The molecular weight excluding hydrogens is 470 g/mol. The molecule has 34 heavy (non-hydrogen) atoms. The highest BCUT2D eigenvalue weighted by atomic mass is 35.5. The quantitative estimate of drug-likeness (QED) is 0.373. The van der Waals surface area contributed by atoms with Crippen LogP contribution in [0.3, 0.4) is 0 Å². The van der Waals surface area contributed by atoms with Gasteiger partial charge in [-0.1, -0.05) is 54.1 Å². The number of fused-ring (bicyclic) bond motifs is 3. The number of hydrogen-bond donors (Lipinski definition) is 1. The Labute approximate surface area is 203 Å². The summed E-state index contributed by atoms with van der Waals surface area (Å²) in [6, 6.07) is 20.0. The van der Waals surface area contributed by atoms with Gasteiger partial charge in [0.2, 0.25) is 5.91 Å². The summed E-state index contributed by atoms with van der Waals surface area (Å²) in [5.41, 5.74) is 2.15. The summed E-state index contributed by atoms with van der Waals surface area (Å²) in [6.45, 7) is 3.46. The standard InChI is InChI=1S/C26H20ClN3O3S/c1-15-7-3-5-9-19(15)28-22(31)14-29-23-18-8-4-6-10-21(18)34-24(23)25(32)30(26(29)33)20-13-17(27)12-11-16(20)2/h3-13H,14H2,1-2H3,(H,28,31). The molecule has 0 radical (unpaired) electrons. The lowest BCUT2D eigenvalue weighted by Crippen LogP contribution is -2.40. The Morgan fingerprint density at radius 3 is 2.50 bits per heavy atom. The second-order valence-electron chi connectivity index (χ2n) is 8.08. The zero-order chi connectivity index (χ0) is 24.0. The molecule has 6 nitrogen and oxygen atoms in total. The van der Waals surface area contributed by atoms with Crippen molar-refractivity contribution in [3.63, 3.8) is 0 Å². The van der Waals surface area contributed by atoms with E-state index in [4.69, 9.17) is 11.6 Å². The van der Waals surface area contributed by atoms with Crippen LogP contribution >= 0.6 is 22.9 Å². The second kappa shape index (κ2) is 8.59. The molecule has 1 N–H and O–H groups in total. The SMILES string of the molecule is Cc1ccccc1NC(=O)Cn1c(=O)n(-c2cc(Cl)ccc2C)c(=O)c2sc3ccccc3c21. The molecule has 0 saturated heterocycles. The molecule has 5 rings (SSSR count). The van der Waals surface area contributed by atoms with Crippen LogP contribution in [0.1, 0.15) is 11.1 Å². The highest BCUT2D eigenvalue weighted by Gasteiger charge is 2.21. The maximum Gasteiger partial charge on any atom is 0.336 e. The first-order chi connectivity index (χ1) is 16.3. The smallest absolute Gasteiger partial charge is 0.324 e. The molecule has 0 fully saturated rings. The minimum Gasteiger partial charge on any atom is -0.324 e. The largest absolute Gasteiger partial charge is 0.336 e. The Morgan fingerprint density at radius 1 is 0.971 bits per heavy atom. The normalized spacial score (nSPS) is 11.3. The summed E-state index contributed by atoms with van der Waals surface area (Å²) in [5.74, 6) is -0.360. The van der Waals surface area contributed by atoms with E-state index in [1.54, 1.807) is 18.2 Å². The number of halogens is 1. The van der Waals surface area contributed by atoms with Gasteiger partial charge in [0, 0.05) is 20.8 Å². The van der Waals surface area contributed by atoms with E-state index in [2.05, 4.69) is 5.32 Å². The molecule has 0 aliphatic heterocycles. The highest BCUT2D eigenvalue weighted by molar-refractivity contribution is 7.25. The van der Waals surface area contributed by atoms with Gasteiger partial charge in [-0.25, -0.2) is 9.36 Å². The maximum atomic E-state index is 13.8. The number of amides is 1. The first kappa shape index (κ1) is 22.1. The number of aryl methyl sites for hydroxylation is 2. The van der Waals surface area contributed by atoms with Crippen molar-refractivity contribution in [1.82, 2.24) is 9.13 Å². The number of rotatable bonds is 4. The van der Waals surface area contributed by atoms with E-state index >= 15 is 0 Å². The number of thiophene rings is 1. The zero-order valence-corrected chi connectivity index (χ0v) is 20.0. The van der Waals surface area contributed by atoms with Crippen LogP contribution in [0.2, 0.25) is 5.02 Å². The third kappa shape index (κ3) is 3.73. The van der Waals surface area contributed by atoms with Crippen molar-refractivity contribution >= 4 is 54.8 Å². The molecule has 0 spiro atoms. The van der Waals surface area contributed by atoms with E-state index in [0.717, 1.165) is 25.8 Å². The van der Waals surface area contributed by atoms with Gasteiger partial charge >= 0.3 is 5.69 Å². The second-order valence-corrected chi connectivity index (χ2v) is 9.57. The Kier molecular flexibility index (Phi) is 5.59. The van der Waals surface area contributed by atoms with Gasteiger partial charge in [0.1, 0.15) is 11.2 Å². The molecule has 2 heterocycles. The Morgan fingerprint density at radius 2 is 1.71 bits per heavy atom. The lowest BCUT2D eigenvalue weighted by molar-refractivity contribution is -0.116. The summed E-state index contributed by atoms with van der Waals surface area (Å²) in [6.07, 6.45) is 0. The van der Waals surface area contributed by atoms with Crippen molar-refractivity contribution < 1.29 is 4.79 Å². The molecule has 0 aliphatic rings. The van der Waals surface area contributed by atoms with E-state index in [-0.39, 0.29) is 12.5 Å². The van der Waals surface area contributed by atoms with Gasteiger partial charge in [0.15, 0.2) is 0 Å². The third-order valence-corrected chi connectivity index (χ3v) is 7.17. The molecule has 170 valence electrons. The number of anilines is 1. The first-order valence-corrected chi connectivity index (χ1v) is 11.8. The number of aromatic nitrogens is 2. The molecule has 1 amide bonds. The van der Waals surface area contributed by atoms with Gasteiger partial charge < -0.3 is 5.32 Å². The summed E-state index contributed by atoms with van der Waals surface area (Å²) in [5, 5.41) is 4.05. The fourth-order valence-electron chi connectivity index (χ4n) is 4.08. The number of hydrogen-bond acceptors (Lipinski definition) is 4. The predicted molar refractivity (Wildman–Crippen MR) is 139 cm³/mol.